The van der Waals surface area contributed by atoms with Crippen molar-refractivity contribution in [2.24, 2.45) is 10.9 Å². The summed E-state index contributed by atoms with van der Waals surface area (Å²) in [5, 5.41) is 16.9. The van der Waals surface area contributed by atoms with E-state index in [9.17, 15) is 26.3 Å². The third kappa shape index (κ3) is 3.61. The minimum atomic E-state index is -5.72. The van der Waals surface area contributed by atoms with Gasteiger partial charge in [-0.1, -0.05) is 5.16 Å². The van der Waals surface area contributed by atoms with Gasteiger partial charge in [-0.05, 0) is 6.07 Å². The lowest BCUT2D eigenvalue weighted by Crippen LogP contribution is -2.47. The molecule has 0 spiro atoms. The molecule has 0 aliphatic rings. The Morgan fingerprint density at radius 3 is 2.25 bits per heavy atom. The van der Waals surface area contributed by atoms with E-state index in [0.717, 1.165) is 12.3 Å². The first kappa shape index (κ1) is 15.8. The number of aromatic nitrogens is 2. The Balaban J connectivity index is 3.20. The molecule has 112 valence electrons. The molecule has 1 aromatic heterocycles. The third-order valence-corrected chi connectivity index (χ3v) is 1.89. The van der Waals surface area contributed by atoms with Crippen LogP contribution in [0.2, 0.25) is 0 Å². The number of alkyl halides is 6. The molecule has 0 bridgehead atoms. The van der Waals surface area contributed by atoms with Crippen LogP contribution in [0.4, 0.5) is 26.3 Å². The molecule has 0 unspecified atom stereocenters. The van der Waals surface area contributed by atoms with Crippen molar-refractivity contribution in [1.82, 2.24) is 10.2 Å². The average molecular weight is 304 g/mol. The predicted molar refractivity (Wildman–Crippen MR) is 51.1 cm³/mol. The molecular weight excluding hydrogens is 298 g/mol. The van der Waals surface area contributed by atoms with Crippen LogP contribution in [0, 0.1) is 0 Å². The standard InChI is InChI=1S/C8H6F6N4O2/c9-7(10,11)6(8(12,13)14)20-5-3(4(15)18-19)1-2-16-17-5/h1-2,6,19H,(H2,15,18). The highest BCUT2D eigenvalue weighted by Gasteiger charge is 2.59. The summed E-state index contributed by atoms with van der Waals surface area (Å²) in [6.07, 6.45) is -14.6. The Labute approximate surface area is 106 Å². The summed E-state index contributed by atoms with van der Waals surface area (Å²) in [5.74, 6) is -1.94. The summed E-state index contributed by atoms with van der Waals surface area (Å²) in [4.78, 5) is 0. The normalized spacial score (nSPS) is 13.7. The smallest absolute Gasteiger partial charge is 0.434 e. The van der Waals surface area contributed by atoms with Gasteiger partial charge in [0, 0.05) is 0 Å². The first-order valence-corrected chi connectivity index (χ1v) is 4.67. The lowest BCUT2D eigenvalue weighted by Gasteiger charge is -2.23. The zero-order valence-electron chi connectivity index (χ0n) is 9.27. The highest BCUT2D eigenvalue weighted by Crippen LogP contribution is 2.36. The maximum atomic E-state index is 12.3. The van der Waals surface area contributed by atoms with Crippen molar-refractivity contribution in [2.45, 2.75) is 18.5 Å². The minimum Gasteiger partial charge on any atom is -0.453 e. The van der Waals surface area contributed by atoms with Crippen molar-refractivity contribution >= 4 is 5.84 Å². The molecule has 1 aromatic rings. The number of amidine groups is 1. The lowest BCUT2D eigenvalue weighted by molar-refractivity contribution is -0.300. The van der Waals surface area contributed by atoms with Gasteiger partial charge in [0.05, 0.1) is 11.8 Å². The van der Waals surface area contributed by atoms with E-state index in [2.05, 4.69) is 20.1 Å². The first-order valence-electron chi connectivity index (χ1n) is 4.67. The SMILES string of the molecule is N/C(=N/O)c1ccnnc1OC(C(F)(F)F)C(F)(F)F. The zero-order chi connectivity index (χ0) is 15.6. The molecule has 0 aliphatic heterocycles. The number of nitrogens with two attached hydrogens (primary N) is 1. The van der Waals surface area contributed by atoms with Crippen molar-refractivity contribution in [2.75, 3.05) is 0 Å². The fourth-order valence-corrected chi connectivity index (χ4v) is 1.09. The van der Waals surface area contributed by atoms with E-state index >= 15 is 0 Å². The van der Waals surface area contributed by atoms with Gasteiger partial charge in [0.2, 0.25) is 5.88 Å². The van der Waals surface area contributed by atoms with Gasteiger partial charge in [-0.3, -0.25) is 0 Å². The highest BCUT2D eigenvalue weighted by atomic mass is 19.4. The van der Waals surface area contributed by atoms with Gasteiger partial charge in [-0.15, -0.1) is 5.10 Å². The van der Waals surface area contributed by atoms with E-state index in [1.165, 1.54) is 0 Å². The quantitative estimate of drug-likeness (QED) is 0.290. The molecule has 1 rings (SSSR count). The summed E-state index contributed by atoms with van der Waals surface area (Å²) in [5.41, 5.74) is 4.51. The van der Waals surface area contributed by atoms with Crippen LogP contribution in [0.5, 0.6) is 5.88 Å². The third-order valence-electron chi connectivity index (χ3n) is 1.89. The Kier molecular flexibility index (Phi) is 4.25. The molecule has 0 fully saturated rings. The van der Waals surface area contributed by atoms with E-state index in [1.54, 1.807) is 0 Å². The van der Waals surface area contributed by atoms with E-state index in [-0.39, 0.29) is 0 Å². The molecule has 0 amide bonds. The zero-order valence-corrected chi connectivity index (χ0v) is 9.27. The molecule has 1 heterocycles. The van der Waals surface area contributed by atoms with Crippen LogP contribution >= 0.6 is 0 Å². The lowest BCUT2D eigenvalue weighted by atomic mass is 10.2. The van der Waals surface area contributed by atoms with Crippen molar-refractivity contribution in [3.63, 3.8) is 0 Å². The molecule has 6 nitrogen and oxygen atoms in total. The Hall–Kier alpha value is -2.27. The number of nitrogens with zero attached hydrogens (tertiary/aromatic N) is 3. The van der Waals surface area contributed by atoms with Gasteiger partial charge >= 0.3 is 12.4 Å². The van der Waals surface area contributed by atoms with Gasteiger partial charge in [-0.25, -0.2) is 0 Å². The highest BCUT2D eigenvalue weighted by molar-refractivity contribution is 5.98. The molecule has 0 aliphatic carbocycles. The topological polar surface area (TPSA) is 93.6 Å². The molecule has 0 aromatic carbocycles. The van der Waals surface area contributed by atoms with Crippen LogP contribution < -0.4 is 10.5 Å². The molecule has 0 radical (unpaired) electrons. The van der Waals surface area contributed by atoms with E-state index in [4.69, 9.17) is 10.9 Å². The Morgan fingerprint density at radius 1 is 1.25 bits per heavy atom. The number of ether oxygens (including phenoxy) is 1. The Morgan fingerprint density at radius 2 is 1.80 bits per heavy atom. The van der Waals surface area contributed by atoms with Crippen LogP contribution in [0.3, 0.4) is 0 Å². The number of hydrogen-bond donors (Lipinski definition) is 2. The van der Waals surface area contributed by atoms with Crippen molar-refractivity contribution in [1.29, 1.82) is 0 Å². The van der Waals surface area contributed by atoms with Gasteiger partial charge in [0.25, 0.3) is 6.10 Å². The molecule has 0 atom stereocenters. The molecule has 3 N–H and O–H groups in total. The maximum Gasteiger partial charge on any atom is 0.434 e. The second-order valence-corrected chi connectivity index (χ2v) is 3.32. The maximum absolute atomic E-state index is 12.3. The monoisotopic (exact) mass is 304 g/mol. The molecule has 12 heteroatoms. The molecule has 20 heavy (non-hydrogen) atoms. The summed E-state index contributed by atoms with van der Waals surface area (Å²) in [6.45, 7) is 0. The van der Waals surface area contributed by atoms with Crippen molar-refractivity contribution in [3.05, 3.63) is 17.8 Å². The second kappa shape index (κ2) is 5.38. The fraction of sp³-hybridized carbons (Fsp3) is 0.375. The van der Waals surface area contributed by atoms with E-state index < -0.39 is 35.7 Å². The van der Waals surface area contributed by atoms with Crippen LogP contribution in [-0.4, -0.2) is 39.7 Å². The average Bonchev–Trinajstić information content (AvgIpc) is 2.32. The summed E-state index contributed by atoms with van der Waals surface area (Å²) >= 11 is 0. The number of halogens is 6. The van der Waals surface area contributed by atoms with E-state index in [0.29, 0.717) is 0 Å². The van der Waals surface area contributed by atoms with Crippen LogP contribution in [0.1, 0.15) is 5.56 Å². The number of oxime groups is 1. The summed E-state index contributed by atoms with van der Waals surface area (Å²) in [7, 11) is 0. The van der Waals surface area contributed by atoms with Gasteiger partial charge in [0.15, 0.2) is 5.84 Å². The minimum absolute atomic E-state index is 0.569. The summed E-state index contributed by atoms with van der Waals surface area (Å²) in [6, 6.07) is 0.876. The van der Waals surface area contributed by atoms with Crippen LogP contribution in [-0.2, 0) is 0 Å². The van der Waals surface area contributed by atoms with Crippen LogP contribution in [0.25, 0.3) is 0 Å². The molecule has 0 saturated carbocycles. The molecular formula is C8H6F6N4O2. The van der Waals surface area contributed by atoms with Gasteiger partial charge < -0.3 is 15.7 Å². The second-order valence-electron chi connectivity index (χ2n) is 3.32. The Bertz CT molecular complexity index is 486. The first-order chi connectivity index (χ1) is 9.07. The van der Waals surface area contributed by atoms with Crippen molar-refractivity contribution in [3.8, 4) is 5.88 Å². The summed E-state index contributed by atoms with van der Waals surface area (Å²) < 4.78 is 77.7. The fourth-order valence-electron chi connectivity index (χ4n) is 1.09. The van der Waals surface area contributed by atoms with Gasteiger partial charge in [0.1, 0.15) is 0 Å². The number of rotatable bonds is 3. The van der Waals surface area contributed by atoms with Gasteiger partial charge in [-0.2, -0.15) is 31.4 Å². The van der Waals surface area contributed by atoms with Crippen LogP contribution in [0.15, 0.2) is 17.4 Å². The largest absolute Gasteiger partial charge is 0.453 e. The molecule has 0 saturated heterocycles. The van der Waals surface area contributed by atoms with E-state index in [1.807, 2.05) is 0 Å². The predicted octanol–water partition coefficient (Wildman–Crippen LogP) is 1.44. The number of hydrogen-bond acceptors (Lipinski definition) is 5. The van der Waals surface area contributed by atoms with Crippen molar-refractivity contribution < 1.29 is 36.3 Å².